The van der Waals surface area contributed by atoms with E-state index >= 15 is 0 Å². The summed E-state index contributed by atoms with van der Waals surface area (Å²) in [6, 6.07) is 3.69. The molecule has 110 valence electrons. The minimum Gasteiger partial charge on any atom is -0.435 e. The highest BCUT2D eigenvalue weighted by atomic mass is 19.3. The van der Waals surface area contributed by atoms with Gasteiger partial charge in [-0.05, 0) is 30.2 Å². The molecule has 0 aliphatic heterocycles. The van der Waals surface area contributed by atoms with Crippen molar-refractivity contribution < 1.29 is 18.3 Å². The lowest BCUT2D eigenvalue weighted by molar-refractivity contribution is -0.108. The second-order valence-electron chi connectivity index (χ2n) is 4.37. The third-order valence-corrected chi connectivity index (χ3v) is 2.62. The molecule has 0 radical (unpaired) electrons. The number of guanidine groups is 1. The lowest BCUT2D eigenvalue weighted by atomic mass is 10.1. The zero-order valence-electron chi connectivity index (χ0n) is 11.5. The number of ether oxygens (including phenoxy) is 1. The SMILES string of the molecule is Cc1cc(C(C=O)N=C(N)N(C)C)ccc1OC(F)F. The molecule has 0 aliphatic rings. The highest BCUT2D eigenvalue weighted by Gasteiger charge is 2.13. The lowest BCUT2D eigenvalue weighted by Gasteiger charge is -2.15. The number of carbonyl (C=O) groups excluding carboxylic acids is 1. The van der Waals surface area contributed by atoms with Crippen molar-refractivity contribution in [2.24, 2.45) is 10.7 Å². The smallest absolute Gasteiger partial charge is 0.387 e. The van der Waals surface area contributed by atoms with Gasteiger partial charge in [-0.2, -0.15) is 8.78 Å². The molecule has 0 saturated carbocycles. The van der Waals surface area contributed by atoms with Crippen LogP contribution in [0.15, 0.2) is 23.2 Å². The average molecular weight is 285 g/mol. The highest BCUT2D eigenvalue weighted by Crippen LogP contribution is 2.25. The average Bonchev–Trinajstić information content (AvgIpc) is 2.37. The van der Waals surface area contributed by atoms with E-state index in [9.17, 15) is 13.6 Å². The van der Waals surface area contributed by atoms with Crippen LogP contribution >= 0.6 is 0 Å². The molecule has 5 nitrogen and oxygen atoms in total. The van der Waals surface area contributed by atoms with Crippen LogP contribution in [-0.4, -0.2) is 37.9 Å². The molecule has 1 atom stereocenters. The monoisotopic (exact) mass is 285 g/mol. The van der Waals surface area contributed by atoms with Crippen molar-refractivity contribution in [1.29, 1.82) is 0 Å². The zero-order valence-corrected chi connectivity index (χ0v) is 11.5. The Balaban J connectivity index is 3.03. The standard InChI is InChI=1S/C13H17F2N3O2/c1-8-6-9(4-5-11(8)20-12(14)15)10(7-19)17-13(16)18(2)3/h4-7,10,12H,1-3H3,(H2,16,17). The summed E-state index contributed by atoms with van der Waals surface area (Å²) in [4.78, 5) is 16.7. The Morgan fingerprint density at radius 3 is 2.55 bits per heavy atom. The van der Waals surface area contributed by atoms with Crippen LogP contribution in [0.5, 0.6) is 5.75 Å². The maximum Gasteiger partial charge on any atom is 0.387 e. The van der Waals surface area contributed by atoms with E-state index < -0.39 is 12.7 Å². The van der Waals surface area contributed by atoms with E-state index in [2.05, 4.69) is 9.73 Å². The van der Waals surface area contributed by atoms with Gasteiger partial charge in [-0.25, -0.2) is 4.99 Å². The maximum absolute atomic E-state index is 12.2. The van der Waals surface area contributed by atoms with E-state index in [1.807, 2.05) is 0 Å². The van der Waals surface area contributed by atoms with Crippen LogP contribution in [0.4, 0.5) is 8.78 Å². The Hall–Kier alpha value is -2.18. The number of hydrogen-bond acceptors (Lipinski definition) is 3. The minimum atomic E-state index is -2.89. The predicted molar refractivity (Wildman–Crippen MR) is 71.9 cm³/mol. The van der Waals surface area contributed by atoms with Crippen molar-refractivity contribution in [1.82, 2.24) is 4.90 Å². The summed E-state index contributed by atoms with van der Waals surface area (Å²) in [6.45, 7) is -1.27. The molecule has 2 N–H and O–H groups in total. The van der Waals surface area contributed by atoms with E-state index in [1.54, 1.807) is 32.0 Å². The number of carbonyl (C=O) groups is 1. The zero-order chi connectivity index (χ0) is 15.3. The Morgan fingerprint density at radius 2 is 2.10 bits per heavy atom. The largest absolute Gasteiger partial charge is 0.435 e. The number of halogens is 2. The van der Waals surface area contributed by atoms with E-state index in [4.69, 9.17) is 5.73 Å². The minimum absolute atomic E-state index is 0.0676. The Kier molecular flexibility index (Phi) is 5.42. The molecular formula is C13H17F2N3O2. The summed E-state index contributed by atoms with van der Waals surface area (Å²) in [5.74, 6) is 0.269. The molecule has 0 aromatic heterocycles. The first-order valence-corrected chi connectivity index (χ1v) is 5.86. The number of aldehydes is 1. The molecule has 0 bridgehead atoms. The number of aliphatic imine (C=N–C) groups is 1. The second kappa shape index (κ2) is 6.83. The quantitative estimate of drug-likeness (QED) is 0.508. The maximum atomic E-state index is 12.2. The van der Waals surface area contributed by atoms with Gasteiger partial charge in [0.2, 0.25) is 0 Å². The number of aryl methyl sites for hydroxylation is 1. The molecule has 1 aromatic carbocycles. The summed E-state index contributed by atoms with van der Waals surface area (Å²) in [6.07, 6.45) is 0.638. The molecule has 7 heteroatoms. The van der Waals surface area contributed by atoms with Crippen molar-refractivity contribution >= 4 is 12.2 Å². The summed E-state index contributed by atoms with van der Waals surface area (Å²) in [5, 5.41) is 0. The van der Waals surface area contributed by atoms with E-state index in [1.165, 1.54) is 12.1 Å². The van der Waals surface area contributed by atoms with Crippen molar-refractivity contribution in [3.05, 3.63) is 29.3 Å². The number of hydrogen-bond donors (Lipinski definition) is 1. The molecular weight excluding hydrogens is 268 g/mol. The van der Waals surface area contributed by atoms with Gasteiger partial charge in [0.25, 0.3) is 0 Å². The van der Waals surface area contributed by atoms with Crippen LogP contribution in [0, 0.1) is 6.92 Å². The van der Waals surface area contributed by atoms with Crippen LogP contribution in [0.2, 0.25) is 0 Å². The lowest BCUT2D eigenvalue weighted by Crippen LogP contribution is -2.31. The van der Waals surface area contributed by atoms with Gasteiger partial charge in [0.05, 0.1) is 0 Å². The van der Waals surface area contributed by atoms with Gasteiger partial charge in [0, 0.05) is 14.1 Å². The molecule has 20 heavy (non-hydrogen) atoms. The number of alkyl halides is 2. The first-order valence-electron chi connectivity index (χ1n) is 5.86. The fourth-order valence-corrected chi connectivity index (χ4v) is 1.53. The Labute approximate surface area is 116 Å². The van der Waals surface area contributed by atoms with Crippen LogP contribution < -0.4 is 10.5 Å². The van der Waals surface area contributed by atoms with Crippen molar-refractivity contribution in [3.63, 3.8) is 0 Å². The van der Waals surface area contributed by atoms with Gasteiger partial charge in [-0.15, -0.1) is 0 Å². The number of nitrogens with zero attached hydrogens (tertiary/aromatic N) is 2. The van der Waals surface area contributed by atoms with Crippen LogP contribution in [-0.2, 0) is 4.79 Å². The van der Waals surface area contributed by atoms with Gasteiger partial charge in [0.15, 0.2) is 5.96 Å². The summed E-state index contributed by atoms with van der Waals surface area (Å²) < 4.78 is 28.7. The van der Waals surface area contributed by atoms with Gasteiger partial charge < -0.3 is 20.2 Å². The topological polar surface area (TPSA) is 67.9 Å². The first-order chi connectivity index (χ1) is 9.35. The molecule has 1 rings (SSSR count). The van der Waals surface area contributed by atoms with E-state index in [-0.39, 0.29) is 11.7 Å². The Morgan fingerprint density at radius 1 is 1.45 bits per heavy atom. The van der Waals surface area contributed by atoms with Crippen molar-refractivity contribution in [2.75, 3.05) is 14.1 Å². The normalized spacial score (nSPS) is 13.2. The summed E-state index contributed by atoms with van der Waals surface area (Å²) >= 11 is 0. The fraction of sp³-hybridized carbons (Fsp3) is 0.385. The number of nitrogens with two attached hydrogens (primary N) is 1. The van der Waals surface area contributed by atoms with Gasteiger partial charge in [0.1, 0.15) is 18.1 Å². The second-order valence-corrected chi connectivity index (χ2v) is 4.37. The third kappa shape index (κ3) is 4.18. The summed E-state index contributed by atoms with van der Waals surface area (Å²) in [5.41, 5.74) is 6.71. The van der Waals surface area contributed by atoms with Gasteiger partial charge in [-0.3, -0.25) is 0 Å². The molecule has 0 fully saturated rings. The van der Waals surface area contributed by atoms with Crippen LogP contribution in [0.25, 0.3) is 0 Å². The van der Waals surface area contributed by atoms with E-state index in [0.29, 0.717) is 17.4 Å². The molecule has 1 aromatic rings. The number of rotatable bonds is 5. The molecule has 0 aliphatic carbocycles. The first kappa shape index (κ1) is 15.9. The predicted octanol–water partition coefficient (Wildman–Crippen LogP) is 1.71. The molecule has 0 heterocycles. The summed E-state index contributed by atoms with van der Waals surface area (Å²) in [7, 11) is 3.40. The molecule has 0 amide bonds. The Bertz CT molecular complexity index is 504. The number of benzene rings is 1. The van der Waals surface area contributed by atoms with Crippen molar-refractivity contribution in [3.8, 4) is 5.75 Å². The third-order valence-electron chi connectivity index (χ3n) is 2.62. The van der Waals surface area contributed by atoms with Gasteiger partial charge in [-0.1, -0.05) is 6.07 Å². The highest BCUT2D eigenvalue weighted by molar-refractivity contribution is 5.80. The molecule has 0 saturated heterocycles. The molecule has 0 spiro atoms. The van der Waals surface area contributed by atoms with Crippen LogP contribution in [0.3, 0.4) is 0 Å². The van der Waals surface area contributed by atoms with Crippen molar-refractivity contribution in [2.45, 2.75) is 19.6 Å². The molecule has 1 unspecified atom stereocenters. The van der Waals surface area contributed by atoms with Crippen LogP contribution in [0.1, 0.15) is 17.2 Å². The van der Waals surface area contributed by atoms with Gasteiger partial charge >= 0.3 is 6.61 Å². The fourth-order valence-electron chi connectivity index (χ4n) is 1.53. The van der Waals surface area contributed by atoms with E-state index in [0.717, 1.165) is 0 Å².